The van der Waals surface area contributed by atoms with E-state index >= 15 is 0 Å². The van der Waals surface area contributed by atoms with Crippen molar-refractivity contribution in [2.45, 2.75) is 18.3 Å². The Morgan fingerprint density at radius 3 is 2.57 bits per heavy atom. The first-order chi connectivity index (χ1) is 6.42. The number of alkyl halides is 2. The van der Waals surface area contributed by atoms with Gasteiger partial charge >= 0.3 is 0 Å². The average molecular weight is 330 g/mol. The quantitative estimate of drug-likeness (QED) is 0.777. The van der Waals surface area contributed by atoms with Gasteiger partial charge in [-0.05, 0) is 40.3 Å². The normalized spacial score (nSPS) is 23.6. The molecular formula is C9H6ClF2IO. The van der Waals surface area contributed by atoms with Crippen LogP contribution in [0, 0.1) is 3.57 Å². The van der Waals surface area contributed by atoms with Gasteiger partial charge in [0.25, 0.3) is 5.92 Å². The van der Waals surface area contributed by atoms with E-state index in [9.17, 15) is 13.9 Å². The summed E-state index contributed by atoms with van der Waals surface area (Å²) in [6.07, 6.45) is -0.145. The van der Waals surface area contributed by atoms with Crippen molar-refractivity contribution in [2.75, 3.05) is 0 Å². The van der Waals surface area contributed by atoms with Crippen LogP contribution in [0.25, 0.3) is 0 Å². The van der Waals surface area contributed by atoms with E-state index in [4.69, 9.17) is 11.6 Å². The van der Waals surface area contributed by atoms with Crippen LogP contribution in [0.4, 0.5) is 8.78 Å². The minimum Gasteiger partial charge on any atom is -0.507 e. The highest BCUT2D eigenvalue weighted by atomic mass is 127. The Morgan fingerprint density at radius 1 is 1.50 bits per heavy atom. The molecule has 5 heteroatoms. The predicted octanol–water partition coefficient (Wildman–Crippen LogP) is 3.77. The lowest BCUT2D eigenvalue weighted by atomic mass is 10.1. The third-order valence-corrected chi connectivity index (χ3v) is 3.46. The molecule has 0 amide bonds. The number of benzene rings is 1. The summed E-state index contributed by atoms with van der Waals surface area (Å²) in [4.78, 5) is 0. The van der Waals surface area contributed by atoms with Gasteiger partial charge < -0.3 is 5.11 Å². The second kappa shape index (κ2) is 3.20. The lowest BCUT2D eigenvalue weighted by Gasteiger charge is -2.05. The Balaban J connectivity index is 2.41. The molecule has 1 N–H and O–H groups in total. The topological polar surface area (TPSA) is 20.2 Å². The molecule has 1 saturated carbocycles. The Labute approximate surface area is 98.2 Å². The Kier molecular flexibility index (Phi) is 2.38. The molecule has 0 aromatic heterocycles. The fraction of sp³-hybridized carbons (Fsp3) is 0.333. The van der Waals surface area contributed by atoms with Crippen molar-refractivity contribution >= 4 is 34.2 Å². The van der Waals surface area contributed by atoms with Crippen molar-refractivity contribution in [2.24, 2.45) is 0 Å². The predicted molar refractivity (Wildman–Crippen MR) is 58.1 cm³/mol. The van der Waals surface area contributed by atoms with Gasteiger partial charge in [-0.2, -0.15) is 0 Å². The second-order valence-corrected chi connectivity index (χ2v) is 4.91. The fourth-order valence-corrected chi connectivity index (χ4v) is 2.15. The van der Waals surface area contributed by atoms with Crippen LogP contribution in [-0.2, 0) is 0 Å². The number of rotatable bonds is 1. The van der Waals surface area contributed by atoms with E-state index < -0.39 is 11.8 Å². The van der Waals surface area contributed by atoms with Crippen LogP contribution < -0.4 is 0 Å². The number of halogens is 4. The maximum atomic E-state index is 12.8. The Hall–Kier alpha value is -0.100. The van der Waals surface area contributed by atoms with Gasteiger partial charge in [-0.25, -0.2) is 8.78 Å². The highest BCUT2D eigenvalue weighted by Crippen LogP contribution is 2.57. The van der Waals surface area contributed by atoms with Crippen molar-refractivity contribution in [3.8, 4) is 5.75 Å². The smallest absolute Gasteiger partial charge is 0.255 e. The van der Waals surface area contributed by atoms with Crippen molar-refractivity contribution in [3.05, 3.63) is 26.3 Å². The summed E-state index contributed by atoms with van der Waals surface area (Å²) >= 11 is 7.65. The molecule has 1 aromatic carbocycles. The first-order valence-corrected chi connectivity index (χ1v) is 5.43. The molecule has 1 aliphatic rings. The van der Waals surface area contributed by atoms with Gasteiger partial charge in [-0.3, -0.25) is 0 Å². The monoisotopic (exact) mass is 330 g/mol. The standard InChI is InChI=1S/C9H6ClF2IO/c10-6-2-8(14)7(13)1-4(6)5-3-9(5,11)12/h1-2,5,14H,3H2. The van der Waals surface area contributed by atoms with Crippen molar-refractivity contribution in [1.29, 1.82) is 0 Å². The second-order valence-electron chi connectivity index (χ2n) is 3.34. The van der Waals surface area contributed by atoms with Crippen LogP contribution in [0.5, 0.6) is 5.75 Å². The van der Waals surface area contributed by atoms with Crippen LogP contribution in [0.1, 0.15) is 17.9 Å². The number of aromatic hydroxyl groups is 1. The van der Waals surface area contributed by atoms with Gasteiger partial charge in [0.05, 0.1) is 9.49 Å². The zero-order chi connectivity index (χ0) is 10.5. The average Bonchev–Trinajstić information content (AvgIpc) is 2.67. The van der Waals surface area contributed by atoms with Crippen LogP contribution in [0.15, 0.2) is 12.1 Å². The number of hydrogen-bond donors (Lipinski definition) is 1. The van der Waals surface area contributed by atoms with Crippen molar-refractivity contribution in [3.63, 3.8) is 0 Å². The largest absolute Gasteiger partial charge is 0.507 e. The molecule has 0 aliphatic heterocycles. The third-order valence-electron chi connectivity index (χ3n) is 2.27. The zero-order valence-electron chi connectivity index (χ0n) is 6.90. The lowest BCUT2D eigenvalue weighted by Crippen LogP contribution is -1.94. The molecule has 1 aliphatic carbocycles. The van der Waals surface area contributed by atoms with E-state index in [0.29, 0.717) is 9.13 Å². The molecule has 14 heavy (non-hydrogen) atoms. The van der Waals surface area contributed by atoms with Gasteiger partial charge in [0.15, 0.2) is 0 Å². The zero-order valence-corrected chi connectivity index (χ0v) is 9.81. The molecule has 0 spiro atoms. The number of phenolic OH excluding ortho intramolecular Hbond substituents is 1. The van der Waals surface area contributed by atoms with Crippen LogP contribution in [0.3, 0.4) is 0 Å². The summed E-state index contributed by atoms with van der Waals surface area (Å²) in [6, 6.07) is 2.83. The Bertz CT molecular complexity index is 395. The van der Waals surface area contributed by atoms with E-state index in [1.54, 1.807) is 0 Å². The summed E-state index contributed by atoms with van der Waals surface area (Å²) in [5.74, 6) is -3.36. The molecule has 1 aromatic rings. The summed E-state index contributed by atoms with van der Waals surface area (Å²) in [5.41, 5.74) is 0.430. The first-order valence-electron chi connectivity index (χ1n) is 3.97. The van der Waals surface area contributed by atoms with E-state index in [0.717, 1.165) is 0 Å². The van der Waals surface area contributed by atoms with Gasteiger partial charge in [0.2, 0.25) is 0 Å². The van der Waals surface area contributed by atoms with E-state index in [-0.39, 0.29) is 17.2 Å². The molecule has 0 bridgehead atoms. The molecule has 1 unspecified atom stereocenters. The minimum absolute atomic E-state index is 0.0308. The molecule has 0 radical (unpaired) electrons. The molecule has 76 valence electrons. The van der Waals surface area contributed by atoms with E-state index in [1.165, 1.54) is 12.1 Å². The van der Waals surface area contributed by atoms with E-state index in [1.807, 2.05) is 22.6 Å². The molecule has 0 saturated heterocycles. The number of hydrogen-bond acceptors (Lipinski definition) is 1. The summed E-state index contributed by atoms with van der Waals surface area (Å²) < 4.78 is 26.1. The van der Waals surface area contributed by atoms with Gasteiger partial charge in [-0.1, -0.05) is 11.6 Å². The van der Waals surface area contributed by atoms with Crippen molar-refractivity contribution in [1.82, 2.24) is 0 Å². The molecule has 0 heterocycles. The van der Waals surface area contributed by atoms with Crippen LogP contribution in [0.2, 0.25) is 5.02 Å². The molecule has 1 nitrogen and oxygen atoms in total. The SMILES string of the molecule is Oc1cc(Cl)c(C2CC2(F)F)cc1I. The maximum Gasteiger partial charge on any atom is 0.255 e. The number of phenols is 1. The van der Waals surface area contributed by atoms with Gasteiger partial charge in [0.1, 0.15) is 5.75 Å². The summed E-state index contributed by atoms with van der Waals surface area (Å²) in [6.45, 7) is 0. The molecule has 2 rings (SSSR count). The molecule has 1 atom stereocenters. The summed E-state index contributed by atoms with van der Waals surface area (Å²) in [7, 11) is 0. The van der Waals surface area contributed by atoms with Crippen LogP contribution in [-0.4, -0.2) is 11.0 Å². The highest BCUT2D eigenvalue weighted by molar-refractivity contribution is 14.1. The van der Waals surface area contributed by atoms with Gasteiger partial charge in [0, 0.05) is 11.4 Å². The van der Waals surface area contributed by atoms with E-state index in [2.05, 4.69) is 0 Å². The Morgan fingerprint density at radius 2 is 2.07 bits per heavy atom. The third kappa shape index (κ3) is 1.69. The molecule has 1 fully saturated rings. The maximum absolute atomic E-state index is 12.8. The lowest BCUT2D eigenvalue weighted by molar-refractivity contribution is 0.112. The highest BCUT2D eigenvalue weighted by Gasteiger charge is 2.58. The first kappa shape index (κ1) is 10.4. The van der Waals surface area contributed by atoms with Crippen molar-refractivity contribution < 1.29 is 13.9 Å². The van der Waals surface area contributed by atoms with Crippen LogP contribution >= 0.6 is 34.2 Å². The summed E-state index contributed by atoms with van der Waals surface area (Å²) in [5, 5.41) is 9.49. The molecular weight excluding hydrogens is 324 g/mol. The van der Waals surface area contributed by atoms with Gasteiger partial charge in [-0.15, -0.1) is 0 Å². The minimum atomic E-state index is -2.62. The fourth-order valence-electron chi connectivity index (χ4n) is 1.37.